The largest absolute Gasteiger partial charge is 0.413 e. The zero-order chi connectivity index (χ0) is 10.1. The Bertz CT molecular complexity index is 270. The average Bonchev–Trinajstić information content (AvgIpc) is 2.03. The summed E-state index contributed by atoms with van der Waals surface area (Å²) < 4.78 is 49.2. The molecule has 1 rings (SSSR count). The van der Waals surface area contributed by atoms with E-state index >= 15 is 0 Å². The van der Waals surface area contributed by atoms with Crippen molar-refractivity contribution in [3.63, 3.8) is 0 Å². The molecule has 0 N–H and O–H groups in total. The normalized spacial score (nSPS) is 23.5. The Morgan fingerprint density at radius 3 is 2.54 bits per heavy atom. The standard InChI is InChI=1S/C9H8F4/c1-2-6-3-4-7(10)5-8(6)9(11,12)13/h2,4-6H,1,3H2. The molecule has 1 atom stereocenters. The summed E-state index contributed by atoms with van der Waals surface area (Å²) in [6, 6.07) is 0. The second kappa shape index (κ2) is 3.36. The van der Waals surface area contributed by atoms with Crippen molar-refractivity contribution in [3.05, 3.63) is 36.2 Å². The van der Waals surface area contributed by atoms with Crippen molar-refractivity contribution in [1.82, 2.24) is 0 Å². The zero-order valence-corrected chi connectivity index (χ0v) is 6.74. The molecule has 1 unspecified atom stereocenters. The summed E-state index contributed by atoms with van der Waals surface area (Å²) in [5, 5.41) is 0. The van der Waals surface area contributed by atoms with Gasteiger partial charge in [-0.1, -0.05) is 6.08 Å². The van der Waals surface area contributed by atoms with Crippen LogP contribution >= 0.6 is 0 Å². The molecule has 0 aromatic heterocycles. The molecule has 4 heteroatoms. The van der Waals surface area contributed by atoms with Gasteiger partial charge in [-0.15, -0.1) is 6.58 Å². The van der Waals surface area contributed by atoms with Crippen molar-refractivity contribution in [2.75, 3.05) is 0 Å². The maximum atomic E-state index is 12.5. The highest BCUT2D eigenvalue weighted by molar-refractivity contribution is 5.31. The van der Waals surface area contributed by atoms with Gasteiger partial charge in [0.15, 0.2) is 0 Å². The van der Waals surface area contributed by atoms with E-state index in [1.54, 1.807) is 0 Å². The van der Waals surface area contributed by atoms with Gasteiger partial charge >= 0.3 is 6.18 Å². The van der Waals surface area contributed by atoms with E-state index in [0.29, 0.717) is 6.08 Å². The summed E-state index contributed by atoms with van der Waals surface area (Å²) >= 11 is 0. The van der Waals surface area contributed by atoms with Crippen LogP contribution in [0.2, 0.25) is 0 Å². The van der Waals surface area contributed by atoms with E-state index in [0.717, 1.165) is 6.08 Å². The second-order valence-corrected chi connectivity index (χ2v) is 2.76. The van der Waals surface area contributed by atoms with Gasteiger partial charge in [0, 0.05) is 11.5 Å². The summed E-state index contributed by atoms with van der Waals surface area (Å²) in [6.45, 7) is 3.28. The van der Waals surface area contributed by atoms with E-state index in [1.807, 2.05) is 0 Å². The Kier molecular flexibility index (Phi) is 2.59. The van der Waals surface area contributed by atoms with Gasteiger partial charge in [0.05, 0.1) is 0 Å². The minimum absolute atomic E-state index is 0.0284. The molecule has 0 bridgehead atoms. The van der Waals surface area contributed by atoms with Crippen LogP contribution in [0, 0.1) is 5.92 Å². The highest BCUT2D eigenvalue weighted by atomic mass is 19.4. The first kappa shape index (κ1) is 10.0. The fourth-order valence-electron chi connectivity index (χ4n) is 1.20. The molecule has 0 fully saturated rings. The smallest absolute Gasteiger partial charge is 0.207 e. The van der Waals surface area contributed by atoms with Gasteiger partial charge in [0.1, 0.15) is 5.83 Å². The first-order chi connectivity index (χ1) is 5.95. The monoisotopic (exact) mass is 192 g/mol. The lowest BCUT2D eigenvalue weighted by Crippen LogP contribution is -2.20. The Hall–Kier alpha value is -1.06. The van der Waals surface area contributed by atoms with Gasteiger partial charge in [0.25, 0.3) is 0 Å². The molecular formula is C9H8F4. The van der Waals surface area contributed by atoms with Crippen molar-refractivity contribution in [3.8, 4) is 0 Å². The minimum Gasteiger partial charge on any atom is -0.207 e. The van der Waals surface area contributed by atoms with Gasteiger partial charge in [-0.05, 0) is 18.6 Å². The van der Waals surface area contributed by atoms with Crippen molar-refractivity contribution in [2.45, 2.75) is 12.6 Å². The van der Waals surface area contributed by atoms with Crippen molar-refractivity contribution in [1.29, 1.82) is 0 Å². The summed E-state index contributed by atoms with van der Waals surface area (Å²) in [7, 11) is 0. The third kappa shape index (κ3) is 2.20. The molecule has 0 saturated heterocycles. The van der Waals surface area contributed by atoms with Crippen LogP contribution in [0.5, 0.6) is 0 Å². The van der Waals surface area contributed by atoms with Crippen molar-refractivity contribution < 1.29 is 17.6 Å². The van der Waals surface area contributed by atoms with Crippen LogP contribution < -0.4 is 0 Å². The number of alkyl halides is 3. The quantitative estimate of drug-likeness (QED) is 0.440. The SMILES string of the molecule is C=CC1CC=C(F)C=C1C(F)(F)F. The molecule has 0 spiro atoms. The number of hydrogen-bond acceptors (Lipinski definition) is 0. The number of allylic oxidation sites excluding steroid dienone is 5. The molecule has 0 aliphatic heterocycles. The van der Waals surface area contributed by atoms with Crippen LogP contribution in [0.3, 0.4) is 0 Å². The van der Waals surface area contributed by atoms with Gasteiger partial charge in [0.2, 0.25) is 0 Å². The molecule has 1 aliphatic rings. The maximum absolute atomic E-state index is 12.5. The number of halogens is 4. The molecule has 13 heavy (non-hydrogen) atoms. The van der Waals surface area contributed by atoms with Crippen LogP contribution in [-0.2, 0) is 0 Å². The number of hydrogen-bond donors (Lipinski definition) is 0. The third-order valence-corrected chi connectivity index (χ3v) is 1.87. The van der Waals surface area contributed by atoms with Gasteiger partial charge < -0.3 is 0 Å². The summed E-state index contributed by atoms with van der Waals surface area (Å²) in [4.78, 5) is 0. The summed E-state index contributed by atoms with van der Waals surface area (Å²) in [5.74, 6) is -1.65. The third-order valence-electron chi connectivity index (χ3n) is 1.87. The lowest BCUT2D eigenvalue weighted by Gasteiger charge is -2.20. The van der Waals surface area contributed by atoms with E-state index in [9.17, 15) is 17.6 Å². The van der Waals surface area contributed by atoms with Crippen LogP contribution in [0.25, 0.3) is 0 Å². The van der Waals surface area contributed by atoms with Gasteiger partial charge in [-0.3, -0.25) is 0 Å². The Morgan fingerprint density at radius 2 is 2.08 bits per heavy atom. The molecule has 72 valence electrons. The van der Waals surface area contributed by atoms with Crippen LogP contribution in [-0.4, -0.2) is 6.18 Å². The Morgan fingerprint density at radius 1 is 1.46 bits per heavy atom. The Labute approximate surface area is 73.2 Å². The van der Waals surface area contributed by atoms with E-state index in [1.165, 1.54) is 6.08 Å². The first-order valence-electron chi connectivity index (χ1n) is 3.72. The maximum Gasteiger partial charge on any atom is 0.413 e. The van der Waals surface area contributed by atoms with Gasteiger partial charge in [-0.25, -0.2) is 4.39 Å². The molecule has 0 heterocycles. The van der Waals surface area contributed by atoms with Crippen LogP contribution in [0.15, 0.2) is 36.2 Å². The zero-order valence-electron chi connectivity index (χ0n) is 6.74. The van der Waals surface area contributed by atoms with E-state index in [2.05, 4.69) is 6.58 Å². The molecule has 0 saturated carbocycles. The summed E-state index contributed by atoms with van der Waals surface area (Å²) in [6.07, 6.45) is -1.61. The van der Waals surface area contributed by atoms with Crippen LogP contribution in [0.1, 0.15) is 6.42 Å². The second-order valence-electron chi connectivity index (χ2n) is 2.76. The van der Waals surface area contributed by atoms with Crippen LogP contribution in [0.4, 0.5) is 17.6 Å². The predicted molar refractivity (Wildman–Crippen MR) is 41.6 cm³/mol. The molecule has 0 nitrogen and oxygen atoms in total. The van der Waals surface area contributed by atoms with Crippen molar-refractivity contribution in [2.24, 2.45) is 5.92 Å². The fraction of sp³-hybridized carbons (Fsp3) is 0.333. The van der Waals surface area contributed by atoms with Gasteiger partial charge in [-0.2, -0.15) is 13.2 Å². The lowest BCUT2D eigenvalue weighted by atomic mass is 9.91. The molecule has 0 amide bonds. The highest BCUT2D eigenvalue weighted by Gasteiger charge is 2.38. The molecule has 1 aliphatic carbocycles. The Balaban J connectivity index is 3.00. The van der Waals surface area contributed by atoms with E-state index in [4.69, 9.17) is 0 Å². The fourth-order valence-corrected chi connectivity index (χ4v) is 1.20. The van der Waals surface area contributed by atoms with Crippen molar-refractivity contribution >= 4 is 0 Å². The molecule has 0 aromatic rings. The molecule has 0 aromatic carbocycles. The average molecular weight is 192 g/mol. The van der Waals surface area contributed by atoms with E-state index < -0.39 is 23.5 Å². The minimum atomic E-state index is -4.47. The molecular weight excluding hydrogens is 184 g/mol. The summed E-state index contributed by atoms with van der Waals surface area (Å²) in [5.41, 5.74) is -0.859. The topological polar surface area (TPSA) is 0 Å². The first-order valence-corrected chi connectivity index (χ1v) is 3.72. The highest BCUT2D eigenvalue weighted by Crippen LogP contribution is 2.37. The molecule has 0 radical (unpaired) electrons. The van der Waals surface area contributed by atoms with E-state index in [-0.39, 0.29) is 6.42 Å². The predicted octanol–water partition coefficient (Wildman–Crippen LogP) is 3.53. The number of rotatable bonds is 1. The lowest BCUT2D eigenvalue weighted by molar-refractivity contribution is -0.0975.